The molecule has 0 saturated heterocycles. The molecule has 0 spiro atoms. The lowest BCUT2D eigenvalue weighted by atomic mass is 10.2. The molecule has 23 heavy (non-hydrogen) atoms. The van der Waals surface area contributed by atoms with Crippen LogP contribution in [0.5, 0.6) is 0 Å². The van der Waals surface area contributed by atoms with Gasteiger partial charge in [0.25, 0.3) is 5.22 Å². The van der Waals surface area contributed by atoms with Gasteiger partial charge in [0, 0.05) is 17.8 Å². The van der Waals surface area contributed by atoms with Crippen molar-refractivity contribution in [2.45, 2.75) is 10.1 Å². The zero-order valence-electron chi connectivity index (χ0n) is 11.7. The molecule has 4 aromatic rings. The summed E-state index contributed by atoms with van der Waals surface area (Å²) in [5, 5.41) is 9.02. The van der Waals surface area contributed by atoms with Gasteiger partial charge in [0.1, 0.15) is 10.5 Å². The van der Waals surface area contributed by atoms with Gasteiger partial charge in [-0.1, -0.05) is 18.2 Å². The molecule has 0 N–H and O–H groups in total. The Morgan fingerprint density at radius 2 is 1.91 bits per heavy atom. The molecule has 6 nitrogen and oxygen atoms in total. The molecule has 4 rings (SSSR count). The zero-order chi connectivity index (χ0) is 15.6. The summed E-state index contributed by atoms with van der Waals surface area (Å²) in [7, 11) is 0. The topological polar surface area (TPSA) is 82.0 Å². The molecule has 0 fully saturated rings. The predicted octanol–water partition coefficient (Wildman–Crippen LogP) is 3.39. The first-order chi connectivity index (χ1) is 11.3. The molecule has 3 heterocycles. The summed E-state index contributed by atoms with van der Waals surface area (Å²) in [5.74, 6) is 0.353. The molecule has 112 valence electrons. The lowest BCUT2D eigenvalue weighted by Crippen LogP contribution is -2.01. The fourth-order valence-electron chi connectivity index (χ4n) is 2.07. The van der Waals surface area contributed by atoms with Crippen molar-refractivity contribution >= 4 is 22.7 Å². The summed E-state index contributed by atoms with van der Waals surface area (Å²) in [4.78, 5) is 16.4. The summed E-state index contributed by atoms with van der Waals surface area (Å²) in [6.45, 7) is 0. The smallest absolute Gasteiger partial charge is 0.350 e. The quantitative estimate of drug-likeness (QED) is 0.534. The highest BCUT2D eigenvalue weighted by atomic mass is 32.2. The van der Waals surface area contributed by atoms with Gasteiger partial charge < -0.3 is 8.83 Å². The maximum absolute atomic E-state index is 12.0. The first-order valence-corrected chi connectivity index (χ1v) is 7.56. The summed E-state index contributed by atoms with van der Waals surface area (Å²) < 4.78 is 10.8. The third-order valence-corrected chi connectivity index (χ3v) is 3.97. The number of rotatable bonds is 3. The average molecular weight is 323 g/mol. The van der Waals surface area contributed by atoms with E-state index < -0.39 is 5.63 Å². The Morgan fingerprint density at radius 1 is 1.00 bits per heavy atom. The number of nitrogens with zero attached hydrogens (tertiary/aromatic N) is 3. The molecular weight excluding hydrogens is 314 g/mol. The van der Waals surface area contributed by atoms with E-state index in [0.29, 0.717) is 16.4 Å². The minimum absolute atomic E-state index is 0.270. The van der Waals surface area contributed by atoms with Crippen LogP contribution in [0.1, 0.15) is 0 Å². The van der Waals surface area contributed by atoms with Gasteiger partial charge in [-0.3, -0.25) is 4.98 Å². The van der Waals surface area contributed by atoms with Gasteiger partial charge in [-0.15, -0.1) is 10.2 Å². The molecule has 0 atom stereocenters. The fraction of sp³-hybridized carbons (Fsp3) is 0. The molecule has 0 radical (unpaired) electrons. The highest BCUT2D eigenvalue weighted by Crippen LogP contribution is 2.28. The van der Waals surface area contributed by atoms with Crippen LogP contribution in [-0.2, 0) is 0 Å². The summed E-state index contributed by atoms with van der Waals surface area (Å²) in [5.41, 5.74) is 0.829. The van der Waals surface area contributed by atoms with Gasteiger partial charge in [-0.05, 0) is 36.0 Å². The summed E-state index contributed by atoms with van der Waals surface area (Å²) in [6, 6.07) is 12.7. The van der Waals surface area contributed by atoms with Gasteiger partial charge in [0.05, 0.1) is 5.56 Å². The maximum atomic E-state index is 12.0. The van der Waals surface area contributed by atoms with Crippen LogP contribution in [0.15, 0.2) is 78.6 Å². The number of para-hydroxylation sites is 1. The summed E-state index contributed by atoms with van der Waals surface area (Å²) in [6.07, 6.45) is 3.29. The molecule has 1 aromatic carbocycles. The standard InChI is InChI=1S/C16H9N3O3S/c20-15-13(8-10-4-1-2-6-12(10)21-15)23-16-19-18-14(22-16)11-5-3-7-17-9-11/h1-9H. The second kappa shape index (κ2) is 5.69. The van der Waals surface area contributed by atoms with E-state index in [1.54, 1.807) is 30.6 Å². The van der Waals surface area contributed by atoms with Crippen LogP contribution in [-0.4, -0.2) is 15.2 Å². The molecule has 0 saturated carbocycles. The second-order valence-corrected chi connectivity index (χ2v) is 5.65. The SMILES string of the molecule is O=c1oc2ccccc2cc1Sc1nnc(-c2cccnc2)o1. The minimum Gasteiger partial charge on any atom is -0.422 e. The number of hydrogen-bond acceptors (Lipinski definition) is 7. The number of aromatic nitrogens is 3. The molecule has 0 unspecified atom stereocenters. The van der Waals surface area contributed by atoms with Crippen molar-refractivity contribution in [1.29, 1.82) is 0 Å². The molecule has 0 aliphatic carbocycles. The fourth-order valence-corrected chi connectivity index (χ4v) is 2.77. The van der Waals surface area contributed by atoms with Crippen LogP contribution in [0, 0.1) is 0 Å². The number of fused-ring (bicyclic) bond motifs is 1. The average Bonchev–Trinajstić information content (AvgIpc) is 3.05. The molecular formula is C16H9N3O3S. The van der Waals surface area contributed by atoms with Crippen molar-refractivity contribution in [2.24, 2.45) is 0 Å². The Kier molecular flexibility index (Phi) is 3.39. The van der Waals surface area contributed by atoms with Crippen molar-refractivity contribution < 1.29 is 8.83 Å². The van der Waals surface area contributed by atoms with E-state index in [4.69, 9.17) is 8.83 Å². The Morgan fingerprint density at radius 3 is 2.78 bits per heavy atom. The van der Waals surface area contributed by atoms with Gasteiger partial charge in [-0.25, -0.2) is 4.79 Å². The van der Waals surface area contributed by atoms with Crippen LogP contribution in [0.25, 0.3) is 22.4 Å². The zero-order valence-corrected chi connectivity index (χ0v) is 12.5. The molecule has 0 aliphatic heterocycles. The highest BCUT2D eigenvalue weighted by Gasteiger charge is 2.13. The van der Waals surface area contributed by atoms with E-state index >= 15 is 0 Å². The third kappa shape index (κ3) is 2.74. The molecule has 0 aliphatic rings. The monoisotopic (exact) mass is 323 g/mol. The highest BCUT2D eigenvalue weighted by molar-refractivity contribution is 7.99. The van der Waals surface area contributed by atoms with Crippen LogP contribution in [0.4, 0.5) is 0 Å². The van der Waals surface area contributed by atoms with Gasteiger partial charge in [0.2, 0.25) is 5.89 Å². The van der Waals surface area contributed by atoms with Crippen LogP contribution in [0.2, 0.25) is 0 Å². The van der Waals surface area contributed by atoms with Crippen LogP contribution in [0.3, 0.4) is 0 Å². The number of pyridine rings is 1. The predicted molar refractivity (Wildman–Crippen MR) is 84.1 cm³/mol. The largest absolute Gasteiger partial charge is 0.422 e. The number of benzene rings is 1. The van der Waals surface area contributed by atoms with E-state index in [0.717, 1.165) is 22.7 Å². The lowest BCUT2D eigenvalue weighted by molar-refractivity contribution is 0.464. The maximum Gasteiger partial charge on any atom is 0.350 e. The molecule has 7 heteroatoms. The van der Waals surface area contributed by atoms with E-state index in [1.807, 2.05) is 24.3 Å². The Bertz CT molecular complexity index is 1030. The van der Waals surface area contributed by atoms with Crippen molar-refractivity contribution in [3.05, 3.63) is 65.3 Å². The van der Waals surface area contributed by atoms with E-state index in [1.165, 1.54) is 0 Å². The van der Waals surface area contributed by atoms with Crippen molar-refractivity contribution in [3.63, 3.8) is 0 Å². The molecule has 0 bridgehead atoms. The Balaban J connectivity index is 1.67. The minimum atomic E-state index is -0.435. The first kappa shape index (κ1) is 13.7. The van der Waals surface area contributed by atoms with Gasteiger partial charge in [0.15, 0.2) is 0 Å². The van der Waals surface area contributed by atoms with Gasteiger partial charge in [-0.2, -0.15) is 0 Å². The van der Waals surface area contributed by atoms with Crippen LogP contribution >= 0.6 is 11.8 Å². The Hall–Kier alpha value is -2.93. The van der Waals surface area contributed by atoms with Crippen molar-refractivity contribution in [1.82, 2.24) is 15.2 Å². The Labute approximate surface area is 134 Å². The van der Waals surface area contributed by atoms with E-state index in [2.05, 4.69) is 15.2 Å². The van der Waals surface area contributed by atoms with E-state index in [9.17, 15) is 4.79 Å². The molecule has 0 amide bonds. The van der Waals surface area contributed by atoms with Crippen molar-refractivity contribution in [3.8, 4) is 11.5 Å². The molecule has 3 aromatic heterocycles. The van der Waals surface area contributed by atoms with Crippen LogP contribution < -0.4 is 5.63 Å². The lowest BCUT2D eigenvalue weighted by Gasteiger charge is -1.98. The third-order valence-electron chi connectivity index (χ3n) is 3.12. The second-order valence-electron chi connectivity index (χ2n) is 4.65. The van der Waals surface area contributed by atoms with Crippen molar-refractivity contribution in [2.75, 3.05) is 0 Å². The van der Waals surface area contributed by atoms with E-state index in [-0.39, 0.29) is 5.22 Å². The first-order valence-electron chi connectivity index (χ1n) is 6.74. The summed E-state index contributed by atoms with van der Waals surface area (Å²) >= 11 is 1.08. The number of hydrogen-bond donors (Lipinski definition) is 0. The normalized spacial score (nSPS) is 11.0. The van der Waals surface area contributed by atoms with Gasteiger partial charge >= 0.3 is 5.63 Å².